The molecule has 4 N–H and O–H groups in total. The Hall–Kier alpha value is -2.16. The normalized spacial score (nSPS) is 10.3. The third-order valence-corrected chi connectivity index (χ3v) is 2.85. The largest absolute Gasteiger partial charge is 0.508 e. The molecule has 0 aromatic heterocycles. The van der Waals surface area contributed by atoms with Crippen molar-refractivity contribution in [3.05, 3.63) is 47.5 Å². The maximum absolute atomic E-state index is 9.58. The van der Waals surface area contributed by atoms with E-state index in [1.54, 1.807) is 12.1 Å². The number of aryl methyl sites for hydroxylation is 2. The molecular formula is C15H18N2O. The minimum Gasteiger partial charge on any atom is -0.508 e. The number of hydrogen-bond acceptors (Lipinski definition) is 3. The maximum Gasteiger partial charge on any atom is 0.117 e. The van der Waals surface area contributed by atoms with E-state index in [0.717, 1.165) is 34.6 Å². The van der Waals surface area contributed by atoms with Crippen LogP contribution in [0.5, 0.6) is 5.75 Å². The molecule has 0 bridgehead atoms. The molecule has 0 saturated heterocycles. The van der Waals surface area contributed by atoms with Gasteiger partial charge in [0.1, 0.15) is 5.75 Å². The SMILES string of the molecule is CCc1cc(N)ccc1Nc1cc(C)cc(O)c1. The highest BCUT2D eigenvalue weighted by molar-refractivity contribution is 5.67. The van der Waals surface area contributed by atoms with Crippen molar-refractivity contribution in [2.45, 2.75) is 20.3 Å². The molecule has 3 nitrogen and oxygen atoms in total. The highest BCUT2D eigenvalue weighted by Gasteiger charge is 2.03. The molecule has 0 fully saturated rings. The van der Waals surface area contributed by atoms with Gasteiger partial charge < -0.3 is 16.2 Å². The van der Waals surface area contributed by atoms with E-state index in [1.807, 2.05) is 31.2 Å². The lowest BCUT2D eigenvalue weighted by Crippen LogP contribution is -1.97. The summed E-state index contributed by atoms with van der Waals surface area (Å²) in [5, 5.41) is 12.9. The van der Waals surface area contributed by atoms with E-state index in [1.165, 1.54) is 0 Å². The highest BCUT2D eigenvalue weighted by Crippen LogP contribution is 2.26. The molecule has 0 unspecified atom stereocenters. The number of benzene rings is 2. The van der Waals surface area contributed by atoms with E-state index >= 15 is 0 Å². The fraction of sp³-hybridized carbons (Fsp3) is 0.200. The predicted octanol–water partition coefficient (Wildman–Crippen LogP) is 3.59. The fourth-order valence-electron chi connectivity index (χ4n) is 2.02. The Kier molecular flexibility index (Phi) is 3.42. The zero-order valence-electron chi connectivity index (χ0n) is 10.7. The molecule has 0 atom stereocenters. The molecule has 2 rings (SSSR count). The quantitative estimate of drug-likeness (QED) is 0.721. The summed E-state index contributed by atoms with van der Waals surface area (Å²) >= 11 is 0. The van der Waals surface area contributed by atoms with Crippen LogP contribution in [0.3, 0.4) is 0 Å². The van der Waals surface area contributed by atoms with Gasteiger partial charge in [-0.3, -0.25) is 0 Å². The van der Waals surface area contributed by atoms with Crippen molar-refractivity contribution in [2.24, 2.45) is 0 Å². The minimum absolute atomic E-state index is 0.269. The van der Waals surface area contributed by atoms with Crippen molar-refractivity contribution in [1.29, 1.82) is 0 Å². The Balaban J connectivity index is 2.33. The van der Waals surface area contributed by atoms with Crippen molar-refractivity contribution in [3.63, 3.8) is 0 Å². The first-order chi connectivity index (χ1) is 8.58. The molecule has 94 valence electrons. The molecule has 0 amide bonds. The summed E-state index contributed by atoms with van der Waals surface area (Å²) in [6, 6.07) is 11.2. The summed E-state index contributed by atoms with van der Waals surface area (Å²) in [7, 11) is 0. The van der Waals surface area contributed by atoms with Gasteiger partial charge in [0.15, 0.2) is 0 Å². The Morgan fingerprint density at radius 1 is 1.17 bits per heavy atom. The number of anilines is 3. The van der Waals surface area contributed by atoms with Crippen LogP contribution in [0.25, 0.3) is 0 Å². The van der Waals surface area contributed by atoms with Gasteiger partial charge in [-0.15, -0.1) is 0 Å². The predicted molar refractivity (Wildman–Crippen MR) is 76.4 cm³/mol. The number of rotatable bonds is 3. The molecule has 0 saturated carbocycles. The van der Waals surface area contributed by atoms with Gasteiger partial charge in [0.25, 0.3) is 0 Å². The fourth-order valence-corrected chi connectivity index (χ4v) is 2.02. The number of nitrogens with two attached hydrogens (primary N) is 1. The van der Waals surface area contributed by atoms with E-state index in [-0.39, 0.29) is 5.75 Å². The van der Waals surface area contributed by atoms with Crippen LogP contribution in [0.1, 0.15) is 18.1 Å². The highest BCUT2D eigenvalue weighted by atomic mass is 16.3. The third kappa shape index (κ3) is 2.74. The molecule has 3 heteroatoms. The number of phenols is 1. The van der Waals surface area contributed by atoms with Crippen LogP contribution >= 0.6 is 0 Å². The van der Waals surface area contributed by atoms with E-state index in [0.29, 0.717) is 0 Å². The number of nitrogen functional groups attached to an aromatic ring is 1. The first-order valence-electron chi connectivity index (χ1n) is 6.04. The van der Waals surface area contributed by atoms with Crippen molar-refractivity contribution in [1.82, 2.24) is 0 Å². The van der Waals surface area contributed by atoms with Crippen molar-refractivity contribution in [3.8, 4) is 5.75 Å². The van der Waals surface area contributed by atoms with Gasteiger partial charge in [-0.1, -0.05) is 6.92 Å². The second kappa shape index (κ2) is 5.00. The van der Waals surface area contributed by atoms with Crippen LogP contribution in [0, 0.1) is 6.92 Å². The first-order valence-corrected chi connectivity index (χ1v) is 6.04. The minimum atomic E-state index is 0.269. The summed E-state index contributed by atoms with van der Waals surface area (Å²) in [6.07, 6.45) is 0.908. The molecular weight excluding hydrogens is 224 g/mol. The Bertz CT molecular complexity index is 544. The first kappa shape index (κ1) is 12.3. The number of nitrogens with one attached hydrogen (secondary N) is 1. The van der Waals surface area contributed by atoms with Crippen LogP contribution in [0.4, 0.5) is 17.1 Å². The molecule has 0 spiro atoms. The second-order valence-corrected chi connectivity index (χ2v) is 4.45. The molecule has 18 heavy (non-hydrogen) atoms. The van der Waals surface area contributed by atoms with Crippen LogP contribution in [-0.2, 0) is 6.42 Å². The van der Waals surface area contributed by atoms with Gasteiger partial charge in [-0.25, -0.2) is 0 Å². The number of aromatic hydroxyl groups is 1. The monoisotopic (exact) mass is 242 g/mol. The lowest BCUT2D eigenvalue weighted by Gasteiger charge is -2.12. The van der Waals surface area contributed by atoms with Gasteiger partial charge in [0.2, 0.25) is 0 Å². The van der Waals surface area contributed by atoms with Gasteiger partial charge in [-0.2, -0.15) is 0 Å². The Morgan fingerprint density at radius 3 is 2.61 bits per heavy atom. The molecule has 0 aliphatic rings. The van der Waals surface area contributed by atoms with Gasteiger partial charge in [0.05, 0.1) is 0 Å². The number of phenolic OH excluding ortho intramolecular Hbond substituents is 1. The van der Waals surface area contributed by atoms with Crippen LogP contribution < -0.4 is 11.1 Å². The molecule has 2 aromatic rings. The van der Waals surface area contributed by atoms with Crippen molar-refractivity contribution >= 4 is 17.1 Å². The maximum atomic E-state index is 9.58. The van der Waals surface area contributed by atoms with Crippen molar-refractivity contribution < 1.29 is 5.11 Å². The van der Waals surface area contributed by atoms with Crippen LogP contribution in [0.15, 0.2) is 36.4 Å². The average molecular weight is 242 g/mol. The van der Waals surface area contributed by atoms with Gasteiger partial charge in [-0.05, 0) is 54.8 Å². The standard InChI is InChI=1S/C15H18N2O/c1-3-11-8-12(16)4-5-15(11)17-13-6-10(2)7-14(18)9-13/h4-9,17-18H,3,16H2,1-2H3. The second-order valence-electron chi connectivity index (χ2n) is 4.45. The summed E-state index contributed by atoms with van der Waals surface area (Å²) in [6.45, 7) is 4.04. The van der Waals surface area contributed by atoms with E-state index in [9.17, 15) is 5.11 Å². The summed E-state index contributed by atoms with van der Waals surface area (Å²) in [5.41, 5.74) is 10.6. The lowest BCUT2D eigenvalue weighted by atomic mass is 10.1. The van der Waals surface area contributed by atoms with Crippen LogP contribution in [-0.4, -0.2) is 5.11 Å². The molecule has 0 aliphatic heterocycles. The summed E-state index contributed by atoms with van der Waals surface area (Å²) in [4.78, 5) is 0. The number of hydrogen-bond donors (Lipinski definition) is 3. The zero-order chi connectivity index (χ0) is 13.1. The smallest absolute Gasteiger partial charge is 0.117 e. The molecule has 0 radical (unpaired) electrons. The Morgan fingerprint density at radius 2 is 1.94 bits per heavy atom. The topological polar surface area (TPSA) is 58.3 Å². The summed E-state index contributed by atoms with van der Waals surface area (Å²) < 4.78 is 0. The molecule has 0 aliphatic carbocycles. The Labute approximate surface area is 107 Å². The lowest BCUT2D eigenvalue weighted by molar-refractivity contribution is 0.475. The zero-order valence-corrected chi connectivity index (χ0v) is 10.7. The molecule has 2 aromatic carbocycles. The van der Waals surface area contributed by atoms with Gasteiger partial charge in [0, 0.05) is 23.1 Å². The van der Waals surface area contributed by atoms with Crippen LogP contribution in [0.2, 0.25) is 0 Å². The van der Waals surface area contributed by atoms with E-state index < -0.39 is 0 Å². The average Bonchev–Trinajstić information content (AvgIpc) is 2.30. The van der Waals surface area contributed by atoms with E-state index in [2.05, 4.69) is 12.2 Å². The van der Waals surface area contributed by atoms with Crippen molar-refractivity contribution in [2.75, 3.05) is 11.1 Å². The van der Waals surface area contributed by atoms with E-state index in [4.69, 9.17) is 5.73 Å². The summed E-state index contributed by atoms with van der Waals surface area (Å²) in [5.74, 6) is 0.269. The third-order valence-electron chi connectivity index (χ3n) is 2.85. The molecule has 0 heterocycles. The van der Waals surface area contributed by atoms with Gasteiger partial charge >= 0.3 is 0 Å².